The Kier molecular flexibility index (Phi) is 2.48. The summed E-state index contributed by atoms with van der Waals surface area (Å²) in [5.41, 5.74) is 1.16. The van der Waals surface area contributed by atoms with Gasteiger partial charge in [0.05, 0.1) is 12.5 Å². The van der Waals surface area contributed by atoms with E-state index < -0.39 is 0 Å². The van der Waals surface area contributed by atoms with E-state index in [1.807, 2.05) is 17.4 Å². The summed E-state index contributed by atoms with van der Waals surface area (Å²) >= 11 is 1.81. The van der Waals surface area contributed by atoms with Crippen molar-refractivity contribution in [2.45, 2.75) is 6.42 Å². The third-order valence-electron chi connectivity index (χ3n) is 3.75. The number of nitriles is 1. The summed E-state index contributed by atoms with van der Waals surface area (Å²) in [5, 5.41) is 14.1. The molecule has 0 atom stereocenters. The van der Waals surface area contributed by atoms with Crippen molar-refractivity contribution in [1.82, 2.24) is 0 Å². The van der Waals surface area contributed by atoms with Crippen LogP contribution < -0.4 is 0 Å². The van der Waals surface area contributed by atoms with Gasteiger partial charge in [-0.25, -0.2) is 0 Å². The highest BCUT2D eigenvalue weighted by atomic mass is 32.1. The molecule has 0 aliphatic rings. The zero-order chi connectivity index (χ0) is 13.5. The van der Waals surface area contributed by atoms with Crippen molar-refractivity contribution in [2.75, 3.05) is 0 Å². The quantitative estimate of drug-likeness (QED) is 0.463. The van der Waals surface area contributed by atoms with Crippen molar-refractivity contribution >= 4 is 42.3 Å². The summed E-state index contributed by atoms with van der Waals surface area (Å²) in [6.45, 7) is 0. The van der Waals surface area contributed by atoms with E-state index in [9.17, 15) is 5.26 Å². The van der Waals surface area contributed by atoms with Crippen LogP contribution >= 0.6 is 11.3 Å². The van der Waals surface area contributed by atoms with Gasteiger partial charge < -0.3 is 0 Å². The fraction of sp³-hybridized carbons (Fsp3) is 0.0556. The van der Waals surface area contributed by atoms with Crippen molar-refractivity contribution in [3.05, 3.63) is 60.2 Å². The molecule has 1 aromatic heterocycles. The van der Waals surface area contributed by atoms with E-state index in [1.54, 1.807) is 0 Å². The maximum absolute atomic E-state index is 9.20. The summed E-state index contributed by atoms with van der Waals surface area (Å²) < 4.78 is 2.56. The van der Waals surface area contributed by atoms with Gasteiger partial charge in [-0.15, -0.1) is 11.3 Å². The summed E-state index contributed by atoms with van der Waals surface area (Å²) in [5.74, 6) is 0. The van der Waals surface area contributed by atoms with E-state index in [0.29, 0.717) is 6.42 Å². The molecule has 1 nitrogen and oxygen atoms in total. The fourth-order valence-electron chi connectivity index (χ4n) is 2.91. The molecule has 0 amide bonds. The van der Waals surface area contributed by atoms with Crippen LogP contribution in [0.4, 0.5) is 0 Å². The molecule has 0 fully saturated rings. The Morgan fingerprint density at radius 2 is 1.65 bits per heavy atom. The lowest BCUT2D eigenvalue weighted by molar-refractivity contribution is 1.31. The number of thiophene rings is 1. The zero-order valence-corrected chi connectivity index (χ0v) is 11.6. The average Bonchev–Trinajstić information content (AvgIpc) is 2.85. The van der Waals surface area contributed by atoms with E-state index in [2.05, 4.69) is 54.6 Å². The van der Waals surface area contributed by atoms with Gasteiger partial charge in [0.15, 0.2) is 0 Å². The Morgan fingerprint density at radius 3 is 2.50 bits per heavy atom. The lowest BCUT2D eigenvalue weighted by atomic mass is 9.97. The number of benzene rings is 3. The second kappa shape index (κ2) is 4.33. The van der Waals surface area contributed by atoms with Gasteiger partial charge >= 0.3 is 0 Å². The zero-order valence-electron chi connectivity index (χ0n) is 10.8. The van der Waals surface area contributed by atoms with E-state index in [1.165, 1.54) is 30.9 Å². The van der Waals surface area contributed by atoms with E-state index in [-0.39, 0.29) is 0 Å². The maximum Gasteiger partial charge on any atom is 0.0670 e. The highest BCUT2D eigenvalue weighted by molar-refractivity contribution is 7.25. The van der Waals surface area contributed by atoms with Crippen molar-refractivity contribution in [2.24, 2.45) is 0 Å². The average molecular weight is 273 g/mol. The molecule has 2 heteroatoms. The number of hydrogen-bond acceptors (Lipinski definition) is 2. The van der Waals surface area contributed by atoms with Crippen LogP contribution in [0.5, 0.6) is 0 Å². The van der Waals surface area contributed by atoms with Crippen LogP contribution in [-0.2, 0) is 6.42 Å². The Hall–Kier alpha value is -2.37. The molecule has 0 unspecified atom stereocenters. The molecule has 1 heterocycles. The third-order valence-corrected chi connectivity index (χ3v) is 4.87. The Morgan fingerprint density at radius 1 is 0.900 bits per heavy atom. The van der Waals surface area contributed by atoms with Crippen LogP contribution in [0.1, 0.15) is 5.56 Å². The number of nitrogens with zero attached hydrogens (tertiary/aromatic N) is 1. The Balaban J connectivity index is 2.30. The topological polar surface area (TPSA) is 23.8 Å². The number of rotatable bonds is 1. The summed E-state index contributed by atoms with van der Waals surface area (Å²) in [4.78, 5) is 0. The van der Waals surface area contributed by atoms with Gasteiger partial charge in [-0.05, 0) is 28.5 Å². The third kappa shape index (κ3) is 1.54. The lowest BCUT2D eigenvalue weighted by Crippen LogP contribution is -1.86. The van der Waals surface area contributed by atoms with Gasteiger partial charge in [-0.2, -0.15) is 5.26 Å². The molecule has 20 heavy (non-hydrogen) atoms. The molecule has 94 valence electrons. The van der Waals surface area contributed by atoms with Crippen molar-refractivity contribution < 1.29 is 0 Å². The standard InChI is InChI=1S/C18H11NS/c19-10-9-14-13-6-2-1-5-12(13)11-17-18(14)15-7-3-4-8-16(15)20-17/h1-8,11H,9H2. The minimum absolute atomic E-state index is 0.457. The normalized spacial score (nSPS) is 11.2. The van der Waals surface area contributed by atoms with E-state index in [4.69, 9.17) is 0 Å². The fourth-order valence-corrected chi connectivity index (χ4v) is 4.10. The molecule has 0 bridgehead atoms. The molecule has 0 aliphatic heterocycles. The Bertz CT molecular complexity index is 989. The van der Waals surface area contributed by atoms with Crippen molar-refractivity contribution in [1.29, 1.82) is 5.26 Å². The smallest absolute Gasteiger partial charge is 0.0670 e. The molecule has 0 aliphatic carbocycles. The SMILES string of the molecule is N#CCc1c2ccccc2cc2sc3ccccc3c12. The molecule has 0 saturated heterocycles. The molecule has 4 rings (SSSR count). The van der Waals surface area contributed by atoms with E-state index in [0.717, 1.165) is 5.56 Å². The predicted molar refractivity (Wildman–Crippen MR) is 86.2 cm³/mol. The van der Waals surface area contributed by atoms with Crippen LogP contribution in [-0.4, -0.2) is 0 Å². The van der Waals surface area contributed by atoms with Crippen LogP contribution in [0.3, 0.4) is 0 Å². The van der Waals surface area contributed by atoms with Gasteiger partial charge in [-0.3, -0.25) is 0 Å². The second-order valence-corrected chi connectivity index (χ2v) is 5.97. The van der Waals surface area contributed by atoms with Gasteiger partial charge in [0.25, 0.3) is 0 Å². The largest absolute Gasteiger partial charge is 0.198 e. The summed E-state index contributed by atoms with van der Waals surface area (Å²) in [7, 11) is 0. The first-order chi connectivity index (χ1) is 9.88. The van der Waals surface area contributed by atoms with Gasteiger partial charge in [-0.1, -0.05) is 42.5 Å². The highest BCUT2D eigenvalue weighted by Crippen LogP contribution is 2.39. The molecular weight excluding hydrogens is 262 g/mol. The molecule has 4 aromatic rings. The first kappa shape index (κ1) is 11.5. The minimum Gasteiger partial charge on any atom is -0.198 e. The predicted octanol–water partition coefficient (Wildman–Crippen LogP) is 5.27. The van der Waals surface area contributed by atoms with Crippen molar-refractivity contribution in [3.63, 3.8) is 0 Å². The molecule has 0 radical (unpaired) electrons. The van der Waals surface area contributed by atoms with Crippen LogP contribution in [0, 0.1) is 11.3 Å². The maximum atomic E-state index is 9.20. The lowest BCUT2D eigenvalue weighted by Gasteiger charge is -2.06. The Labute approximate surface area is 120 Å². The second-order valence-electron chi connectivity index (χ2n) is 4.88. The first-order valence-electron chi connectivity index (χ1n) is 6.57. The molecule has 0 N–H and O–H groups in total. The molecule has 0 saturated carbocycles. The first-order valence-corrected chi connectivity index (χ1v) is 7.39. The molecule has 3 aromatic carbocycles. The van der Waals surface area contributed by atoms with Crippen LogP contribution in [0.2, 0.25) is 0 Å². The van der Waals surface area contributed by atoms with Crippen LogP contribution in [0.25, 0.3) is 30.9 Å². The molecule has 0 spiro atoms. The highest BCUT2D eigenvalue weighted by Gasteiger charge is 2.12. The van der Waals surface area contributed by atoms with Crippen molar-refractivity contribution in [3.8, 4) is 6.07 Å². The monoisotopic (exact) mass is 273 g/mol. The minimum atomic E-state index is 0.457. The van der Waals surface area contributed by atoms with Gasteiger partial charge in [0.1, 0.15) is 0 Å². The number of fused-ring (bicyclic) bond motifs is 4. The van der Waals surface area contributed by atoms with Gasteiger partial charge in [0.2, 0.25) is 0 Å². The van der Waals surface area contributed by atoms with E-state index >= 15 is 0 Å². The van der Waals surface area contributed by atoms with Gasteiger partial charge in [0, 0.05) is 20.2 Å². The summed E-state index contributed by atoms with van der Waals surface area (Å²) in [6.07, 6.45) is 0.457. The molecular formula is C18H11NS. The number of hydrogen-bond donors (Lipinski definition) is 0. The van der Waals surface area contributed by atoms with Crippen LogP contribution in [0.15, 0.2) is 54.6 Å². The summed E-state index contributed by atoms with van der Waals surface area (Å²) in [6, 6.07) is 21.4.